The summed E-state index contributed by atoms with van der Waals surface area (Å²) in [4.78, 5) is 8.78. The van der Waals surface area contributed by atoms with Crippen molar-refractivity contribution >= 4 is 32.7 Å². The number of fused-ring (bicyclic) bond motifs is 5. The zero-order valence-corrected chi connectivity index (χ0v) is 29.6. The first-order chi connectivity index (χ1) is 27.3. The number of aryl methyl sites for hydroxylation is 2. The van der Waals surface area contributed by atoms with Crippen molar-refractivity contribution in [2.24, 2.45) is 5.92 Å². The van der Waals surface area contributed by atoms with Crippen LogP contribution >= 0.6 is 0 Å². The predicted octanol–water partition coefficient (Wildman–Crippen LogP) is 12.2. The third-order valence-corrected chi connectivity index (χ3v) is 9.14. The van der Waals surface area contributed by atoms with Crippen LogP contribution in [0.4, 0.5) is 0 Å². The summed E-state index contributed by atoms with van der Waals surface area (Å²) >= 11 is 0. The quantitative estimate of drug-likeness (QED) is 0.162. The topological polar surface area (TPSA) is 38.9 Å². The van der Waals surface area contributed by atoms with Crippen molar-refractivity contribution in [1.82, 2.24) is 9.97 Å². The molecule has 50 heavy (non-hydrogen) atoms. The number of nitrogens with zero attached hydrogens (tertiary/aromatic N) is 2. The van der Waals surface area contributed by atoms with E-state index in [1.165, 1.54) is 18.3 Å². The van der Waals surface area contributed by atoms with E-state index in [2.05, 4.69) is 46.4 Å². The minimum absolute atomic E-state index is 0. The molecule has 0 aliphatic heterocycles. The summed E-state index contributed by atoms with van der Waals surface area (Å²) in [5.74, 6) is 0.0695. The molecule has 0 amide bonds. The molecule has 0 saturated heterocycles. The van der Waals surface area contributed by atoms with Gasteiger partial charge in [-0.05, 0) is 53.1 Å². The average molecular weight is 835 g/mol. The van der Waals surface area contributed by atoms with E-state index < -0.39 is 20.1 Å². The van der Waals surface area contributed by atoms with Gasteiger partial charge in [-0.25, -0.2) is 0 Å². The first-order valence-corrected chi connectivity index (χ1v) is 16.6. The molecule has 1 saturated carbocycles. The van der Waals surface area contributed by atoms with Crippen LogP contribution in [0.1, 0.15) is 53.3 Å². The van der Waals surface area contributed by atoms with Crippen LogP contribution in [0.25, 0.3) is 66.4 Å². The SMILES string of the molecule is [2H]C([2H])([2H])c1ccc(-c2[c-]cc(C([2H])([2H])[2H])c(-c3ccccc3)c2)nc1.[2H]C([2H])(c1ccnc(-c2[c-]ccc3c2oc2c4ccccc4ccc32)c1)C1CCCC1.[Ir]. The van der Waals surface area contributed by atoms with Gasteiger partial charge < -0.3 is 14.4 Å². The fourth-order valence-corrected chi connectivity index (χ4v) is 6.67. The molecule has 3 nitrogen and oxygen atoms in total. The van der Waals surface area contributed by atoms with Gasteiger partial charge in [-0.2, -0.15) is 0 Å². The summed E-state index contributed by atoms with van der Waals surface area (Å²) in [6.45, 7) is -4.48. The number of pyridine rings is 2. The number of rotatable bonds is 5. The standard InChI is InChI=1S/C27H22NO.C19H16N.Ir/c1-2-7-18(6-1)16-19-14-15-28-25(17-19)24-11-5-10-22-23-13-12-20-8-3-4-9-21(20)26(23)29-27(22)24;1-14-8-11-19(20-13-14)17-10-9-15(2)18(12-17)16-6-4-3-5-7-16;/h3-5,8-10,12-15,17-18H,1-2,6-7,16H2;3-9,11-13H,1-2H3;/q2*-1;/i16D2;1D3,2D3;. The first-order valence-electron chi connectivity index (χ1n) is 20.6. The van der Waals surface area contributed by atoms with Gasteiger partial charge >= 0.3 is 0 Å². The maximum absolute atomic E-state index is 8.77. The van der Waals surface area contributed by atoms with Gasteiger partial charge in [-0.15, -0.1) is 47.5 Å². The van der Waals surface area contributed by atoms with Crippen molar-refractivity contribution in [3.63, 3.8) is 0 Å². The van der Waals surface area contributed by atoms with Crippen molar-refractivity contribution in [3.05, 3.63) is 156 Å². The second-order valence-corrected chi connectivity index (χ2v) is 12.4. The van der Waals surface area contributed by atoms with Gasteiger partial charge in [-0.1, -0.05) is 140 Å². The van der Waals surface area contributed by atoms with Crippen LogP contribution in [-0.2, 0) is 26.5 Å². The first kappa shape index (κ1) is 25.1. The molecule has 0 bridgehead atoms. The van der Waals surface area contributed by atoms with E-state index in [-0.39, 0.29) is 37.2 Å². The monoisotopic (exact) mass is 835 g/mol. The van der Waals surface area contributed by atoms with Gasteiger partial charge in [0, 0.05) is 54.2 Å². The molecular formula is C46H38IrN2O-2. The molecule has 0 spiro atoms. The molecule has 0 unspecified atom stereocenters. The van der Waals surface area contributed by atoms with Crippen molar-refractivity contribution in [2.45, 2.75) is 45.8 Å². The predicted molar refractivity (Wildman–Crippen MR) is 202 cm³/mol. The second kappa shape index (κ2) is 14.9. The Bertz CT molecular complexity index is 2700. The Morgan fingerprint density at radius 3 is 2.44 bits per heavy atom. The molecule has 1 aliphatic carbocycles. The Morgan fingerprint density at radius 2 is 1.62 bits per heavy atom. The van der Waals surface area contributed by atoms with Gasteiger partial charge in [0.1, 0.15) is 5.58 Å². The fraction of sp³-hybridized carbons (Fsp3) is 0.174. The van der Waals surface area contributed by atoms with Crippen molar-refractivity contribution in [1.29, 1.82) is 0 Å². The summed E-state index contributed by atoms with van der Waals surface area (Å²) in [5, 5.41) is 4.33. The minimum Gasteiger partial charge on any atom is -0.500 e. The van der Waals surface area contributed by atoms with E-state index in [1.54, 1.807) is 18.3 Å². The van der Waals surface area contributed by atoms with E-state index in [0.29, 0.717) is 28.1 Å². The van der Waals surface area contributed by atoms with E-state index in [1.807, 2.05) is 66.7 Å². The molecule has 5 aromatic carbocycles. The zero-order valence-electron chi connectivity index (χ0n) is 35.2. The van der Waals surface area contributed by atoms with Gasteiger partial charge in [0.05, 0.1) is 5.58 Å². The Morgan fingerprint density at radius 1 is 0.780 bits per heavy atom. The normalized spacial score (nSPS) is 16.1. The summed E-state index contributed by atoms with van der Waals surface area (Å²) in [7, 11) is 0. The van der Waals surface area contributed by atoms with Crippen molar-refractivity contribution in [2.75, 3.05) is 0 Å². The molecule has 0 N–H and O–H groups in total. The van der Waals surface area contributed by atoms with E-state index in [4.69, 9.17) is 15.4 Å². The van der Waals surface area contributed by atoms with Crippen LogP contribution in [0, 0.1) is 31.8 Å². The van der Waals surface area contributed by atoms with Gasteiger partial charge in [-0.3, -0.25) is 0 Å². The fourth-order valence-electron chi connectivity index (χ4n) is 6.67. The maximum Gasteiger partial charge on any atom is 0.128 e. The van der Waals surface area contributed by atoms with Crippen LogP contribution < -0.4 is 0 Å². The number of aromatic nitrogens is 2. The zero-order chi connectivity index (χ0) is 40.0. The second-order valence-electron chi connectivity index (χ2n) is 12.4. The average Bonchev–Trinajstić information content (AvgIpc) is 3.91. The smallest absolute Gasteiger partial charge is 0.128 e. The van der Waals surface area contributed by atoms with E-state index in [0.717, 1.165) is 69.5 Å². The van der Waals surface area contributed by atoms with Crippen molar-refractivity contribution < 1.29 is 35.5 Å². The van der Waals surface area contributed by atoms with E-state index in [9.17, 15) is 0 Å². The van der Waals surface area contributed by atoms with Crippen LogP contribution in [0.2, 0.25) is 0 Å². The Hall–Kier alpha value is -4.89. The maximum atomic E-state index is 8.77. The minimum atomic E-state index is -2.27. The van der Waals surface area contributed by atoms with Crippen LogP contribution in [-0.4, -0.2) is 9.97 Å². The number of hydrogen-bond acceptors (Lipinski definition) is 3. The van der Waals surface area contributed by atoms with Crippen molar-refractivity contribution in [3.8, 4) is 33.6 Å². The molecule has 8 aromatic rings. The molecular weight excluding hydrogens is 789 g/mol. The number of benzene rings is 5. The third-order valence-electron chi connectivity index (χ3n) is 9.14. The van der Waals surface area contributed by atoms with Gasteiger partial charge in [0.2, 0.25) is 0 Å². The Labute approximate surface area is 319 Å². The summed E-state index contributed by atoms with van der Waals surface area (Å²) in [6.07, 6.45) is 5.79. The molecule has 1 fully saturated rings. The van der Waals surface area contributed by atoms with E-state index >= 15 is 0 Å². The molecule has 4 heteroatoms. The van der Waals surface area contributed by atoms with Crippen LogP contribution in [0.3, 0.4) is 0 Å². The largest absolute Gasteiger partial charge is 0.500 e. The molecule has 249 valence electrons. The molecule has 3 aromatic heterocycles. The molecule has 1 radical (unpaired) electrons. The molecule has 1 aliphatic rings. The number of hydrogen-bond donors (Lipinski definition) is 0. The van der Waals surface area contributed by atoms with Gasteiger partial charge in [0.25, 0.3) is 0 Å². The van der Waals surface area contributed by atoms with Crippen LogP contribution in [0.15, 0.2) is 132 Å². The molecule has 3 heterocycles. The Kier molecular flexibility index (Phi) is 7.50. The van der Waals surface area contributed by atoms with Gasteiger partial charge in [0.15, 0.2) is 0 Å². The summed E-state index contributed by atoms with van der Waals surface area (Å²) in [6, 6.07) is 41.9. The third kappa shape index (κ3) is 6.92. The number of furan rings is 1. The summed E-state index contributed by atoms with van der Waals surface area (Å²) in [5.41, 5.74) is 6.67. The molecule has 9 rings (SSSR count). The molecule has 0 atom stereocenters. The summed E-state index contributed by atoms with van der Waals surface area (Å²) < 4.78 is 69.5. The Balaban J connectivity index is 0.000000177. The van der Waals surface area contributed by atoms with Crippen LogP contribution in [0.5, 0.6) is 0 Å².